The third-order valence-corrected chi connectivity index (χ3v) is 4.13. The van der Waals surface area contributed by atoms with Crippen LogP contribution in [0.3, 0.4) is 0 Å². The van der Waals surface area contributed by atoms with E-state index in [9.17, 15) is 5.11 Å². The van der Waals surface area contributed by atoms with Gasteiger partial charge in [-0.25, -0.2) is 0 Å². The van der Waals surface area contributed by atoms with Crippen LogP contribution in [0.25, 0.3) is 5.70 Å². The standard InChI is InChI=1S/C19H30N4O/c1-12(2)9-16(11-22-13(3)24)23-19-17-7-6-15(20)10-14(17)5-8-18(19)21-4/h6-7,10,12-13,21-22,24H,5,8-9,11,20H2,1-4H3. The molecule has 0 saturated carbocycles. The number of anilines is 1. The number of rotatable bonds is 7. The van der Waals surface area contributed by atoms with Crippen LogP contribution in [0.1, 0.15) is 44.7 Å². The first-order valence-corrected chi connectivity index (χ1v) is 8.68. The van der Waals surface area contributed by atoms with E-state index in [0.29, 0.717) is 12.5 Å². The quantitative estimate of drug-likeness (QED) is 0.352. The number of aliphatic imine (C=N–C) groups is 1. The zero-order valence-corrected chi connectivity index (χ0v) is 15.2. The number of allylic oxidation sites excluding steroid dienone is 1. The van der Waals surface area contributed by atoms with Gasteiger partial charge in [-0.15, -0.1) is 0 Å². The van der Waals surface area contributed by atoms with Crippen molar-refractivity contribution < 1.29 is 5.11 Å². The summed E-state index contributed by atoms with van der Waals surface area (Å²) in [5, 5.41) is 15.9. The fourth-order valence-electron chi connectivity index (χ4n) is 3.02. The molecule has 0 aromatic heterocycles. The number of nitrogens with one attached hydrogen (secondary N) is 2. The summed E-state index contributed by atoms with van der Waals surface area (Å²) in [6, 6.07) is 6.05. The lowest BCUT2D eigenvalue weighted by atomic mass is 9.92. The normalized spacial score (nSPS) is 16.3. The highest BCUT2D eigenvalue weighted by atomic mass is 16.3. The molecule has 2 rings (SSSR count). The molecule has 0 amide bonds. The first-order valence-electron chi connectivity index (χ1n) is 8.68. The van der Waals surface area contributed by atoms with Crippen LogP contribution in [0.5, 0.6) is 0 Å². The topological polar surface area (TPSA) is 82.7 Å². The maximum absolute atomic E-state index is 9.52. The Morgan fingerprint density at radius 2 is 2.04 bits per heavy atom. The van der Waals surface area contributed by atoms with Crippen LogP contribution in [0.2, 0.25) is 0 Å². The van der Waals surface area contributed by atoms with Crippen LogP contribution >= 0.6 is 0 Å². The summed E-state index contributed by atoms with van der Waals surface area (Å²) in [5.74, 6) is 0.507. The lowest BCUT2D eigenvalue weighted by Gasteiger charge is -2.22. The average Bonchev–Trinajstić information content (AvgIpc) is 2.52. The highest BCUT2D eigenvalue weighted by Gasteiger charge is 2.19. The molecule has 1 atom stereocenters. The Hall–Kier alpha value is -1.85. The molecule has 1 aliphatic carbocycles. The molecule has 0 saturated heterocycles. The molecule has 1 aliphatic rings. The van der Waals surface area contributed by atoms with Crippen LogP contribution in [-0.2, 0) is 6.42 Å². The summed E-state index contributed by atoms with van der Waals surface area (Å²) in [7, 11) is 1.95. The number of aliphatic hydroxyl groups is 1. The minimum atomic E-state index is -0.543. The van der Waals surface area contributed by atoms with Crippen molar-refractivity contribution in [2.75, 3.05) is 19.3 Å². The minimum absolute atomic E-state index is 0.507. The molecule has 0 heterocycles. The Morgan fingerprint density at radius 1 is 1.29 bits per heavy atom. The maximum Gasteiger partial charge on any atom is 0.102 e. The highest BCUT2D eigenvalue weighted by Crippen LogP contribution is 2.32. The van der Waals surface area contributed by atoms with Gasteiger partial charge in [0, 0.05) is 36.3 Å². The van der Waals surface area contributed by atoms with Crippen LogP contribution in [0.4, 0.5) is 5.69 Å². The van der Waals surface area contributed by atoms with E-state index in [2.05, 4.69) is 30.5 Å². The van der Waals surface area contributed by atoms with Gasteiger partial charge in [0.1, 0.15) is 6.23 Å². The van der Waals surface area contributed by atoms with Crippen molar-refractivity contribution in [2.24, 2.45) is 10.9 Å². The Balaban J connectivity index is 2.41. The molecule has 5 nitrogen and oxygen atoms in total. The van der Waals surface area contributed by atoms with Gasteiger partial charge in [-0.1, -0.05) is 19.9 Å². The Kier molecular flexibility index (Phi) is 6.40. The number of fused-ring (bicyclic) bond motifs is 1. The lowest BCUT2D eigenvalue weighted by Crippen LogP contribution is -2.31. The van der Waals surface area contributed by atoms with E-state index in [1.165, 1.54) is 5.56 Å². The number of aliphatic hydroxyl groups excluding tert-OH is 1. The van der Waals surface area contributed by atoms with Crippen molar-refractivity contribution >= 4 is 17.1 Å². The molecular formula is C19H30N4O. The zero-order chi connectivity index (χ0) is 17.7. The highest BCUT2D eigenvalue weighted by molar-refractivity contribution is 5.92. The molecule has 0 spiro atoms. The third kappa shape index (κ3) is 4.82. The van der Waals surface area contributed by atoms with Crippen LogP contribution in [-0.4, -0.2) is 30.6 Å². The third-order valence-electron chi connectivity index (χ3n) is 4.13. The number of benzene rings is 1. The molecular weight excluding hydrogens is 300 g/mol. The van der Waals surface area contributed by atoms with E-state index in [1.54, 1.807) is 6.92 Å². The first kappa shape index (κ1) is 18.5. The van der Waals surface area contributed by atoms with Crippen molar-refractivity contribution in [1.82, 2.24) is 10.6 Å². The largest absolute Gasteiger partial charge is 0.399 e. The molecule has 1 unspecified atom stereocenters. The summed E-state index contributed by atoms with van der Waals surface area (Å²) in [6.07, 6.45) is 2.26. The van der Waals surface area contributed by atoms with Gasteiger partial charge in [-0.3, -0.25) is 10.3 Å². The second-order valence-corrected chi connectivity index (χ2v) is 6.83. The van der Waals surface area contributed by atoms with Crippen molar-refractivity contribution in [3.63, 3.8) is 0 Å². The molecule has 24 heavy (non-hydrogen) atoms. The van der Waals surface area contributed by atoms with E-state index in [4.69, 9.17) is 10.7 Å². The van der Waals surface area contributed by atoms with Gasteiger partial charge < -0.3 is 16.2 Å². The van der Waals surface area contributed by atoms with Gasteiger partial charge in [0.25, 0.3) is 0 Å². The smallest absolute Gasteiger partial charge is 0.102 e. The van der Waals surface area contributed by atoms with Gasteiger partial charge in [-0.05, 0) is 49.8 Å². The second kappa shape index (κ2) is 8.31. The van der Waals surface area contributed by atoms with Gasteiger partial charge >= 0.3 is 0 Å². The molecule has 0 bridgehead atoms. The van der Waals surface area contributed by atoms with E-state index < -0.39 is 6.23 Å². The first-order chi connectivity index (χ1) is 11.4. The summed E-state index contributed by atoms with van der Waals surface area (Å²) >= 11 is 0. The van der Waals surface area contributed by atoms with Crippen molar-refractivity contribution in [3.8, 4) is 0 Å². The number of hydrogen-bond donors (Lipinski definition) is 4. The van der Waals surface area contributed by atoms with Gasteiger partial charge in [0.2, 0.25) is 0 Å². The fraction of sp³-hybridized carbons (Fsp3) is 0.526. The predicted molar refractivity (Wildman–Crippen MR) is 102 cm³/mol. The van der Waals surface area contributed by atoms with Crippen LogP contribution in [0, 0.1) is 5.92 Å². The SMILES string of the molecule is CNC1=C(N=C(CNC(C)O)CC(C)C)c2ccc(N)cc2CC1. The number of hydrogen-bond acceptors (Lipinski definition) is 5. The number of nitrogens with two attached hydrogens (primary N) is 1. The molecule has 0 aliphatic heterocycles. The lowest BCUT2D eigenvalue weighted by molar-refractivity contribution is 0.163. The van der Waals surface area contributed by atoms with Gasteiger partial charge in [0.15, 0.2) is 0 Å². The summed E-state index contributed by atoms with van der Waals surface area (Å²) in [6.45, 7) is 6.67. The summed E-state index contributed by atoms with van der Waals surface area (Å²) < 4.78 is 0. The average molecular weight is 330 g/mol. The summed E-state index contributed by atoms with van der Waals surface area (Å²) in [5.41, 5.74) is 12.3. The van der Waals surface area contributed by atoms with Gasteiger partial charge in [-0.2, -0.15) is 0 Å². The second-order valence-electron chi connectivity index (χ2n) is 6.83. The molecule has 1 aromatic rings. The Labute approximate surface area is 145 Å². The van der Waals surface area contributed by atoms with Gasteiger partial charge in [0.05, 0.1) is 5.70 Å². The Bertz CT molecular complexity index is 632. The molecule has 5 heteroatoms. The van der Waals surface area contributed by atoms with Crippen molar-refractivity contribution in [3.05, 3.63) is 35.0 Å². The van der Waals surface area contributed by atoms with Crippen molar-refractivity contribution in [1.29, 1.82) is 0 Å². The van der Waals surface area contributed by atoms with E-state index in [0.717, 1.165) is 47.6 Å². The van der Waals surface area contributed by atoms with E-state index >= 15 is 0 Å². The molecule has 132 valence electrons. The van der Waals surface area contributed by atoms with E-state index in [-0.39, 0.29) is 0 Å². The molecule has 1 aromatic carbocycles. The summed E-state index contributed by atoms with van der Waals surface area (Å²) in [4.78, 5) is 4.99. The minimum Gasteiger partial charge on any atom is -0.399 e. The number of nitrogen functional groups attached to an aromatic ring is 1. The number of nitrogens with zero attached hydrogens (tertiary/aromatic N) is 1. The number of aryl methyl sites for hydroxylation is 1. The Morgan fingerprint density at radius 3 is 2.67 bits per heavy atom. The fourth-order valence-corrected chi connectivity index (χ4v) is 3.02. The monoisotopic (exact) mass is 330 g/mol. The van der Waals surface area contributed by atoms with Crippen LogP contribution < -0.4 is 16.4 Å². The molecule has 0 radical (unpaired) electrons. The van der Waals surface area contributed by atoms with Crippen LogP contribution in [0.15, 0.2) is 28.9 Å². The van der Waals surface area contributed by atoms with Crippen molar-refractivity contribution in [2.45, 2.75) is 46.3 Å². The maximum atomic E-state index is 9.52. The molecule has 5 N–H and O–H groups in total. The zero-order valence-electron chi connectivity index (χ0n) is 15.2. The predicted octanol–water partition coefficient (Wildman–Crippen LogP) is 2.52. The molecule has 0 fully saturated rings. The van der Waals surface area contributed by atoms with E-state index in [1.807, 2.05) is 19.2 Å².